The number of aliphatic hydroxyl groups excluding tert-OH is 5. The smallest absolute Gasteiger partial charge is 0.223 e. The van der Waals surface area contributed by atoms with Crippen molar-refractivity contribution in [1.29, 1.82) is 0 Å². The lowest BCUT2D eigenvalue weighted by Gasteiger charge is -2.26. The van der Waals surface area contributed by atoms with Crippen LogP contribution in [-0.2, 0) is 47.7 Å². The standard InChI is InChI=1S/C34H57N3O15/c1-21(2)23(34(48)35-3)18-27(41)24(4-7-30(44)36-19-28(42)32(46)33(47)29(43)20-38)37-31(45)9-11-50-13-15-52-17-16-51-14-12-49-10-8-22-25(39)5-6-26(22)40/h5-6,21-24,28-29,32-33,38,42-43,46-47H,4,7-20H2,1-3H3,(H,35,48)(H,36,44)(H,37,45)/t23-,24+,28+,29-,32-,33-/m0/s1. The average molecular weight is 748 g/mol. The molecule has 8 N–H and O–H groups in total. The van der Waals surface area contributed by atoms with E-state index in [0.29, 0.717) is 32.8 Å². The second kappa shape index (κ2) is 26.5. The molecule has 0 radical (unpaired) electrons. The van der Waals surface area contributed by atoms with Crippen molar-refractivity contribution in [2.24, 2.45) is 17.8 Å². The molecule has 6 atom stereocenters. The van der Waals surface area contributed by atoms with Crippen LogP contribution in [0.2, 0.25) is 0 Å². The molecular weight excluding hydrogens is 690 g/mol. The van der Waals surface area contributed by atoms with Gasteiger partial charge in [-0.25, -0.2) is 0 Å². The van der Waals surface area contributed by atoms with E-state index < -0.39 is 73.0 Å². The summed E-state index contributed by atoms with van der Waals surface area (Å²) in [5, 5.41) is 55.5. The quantitative estimate of drug-likeness (QED) is 0.0268. The molecule has 0 aromatic heterocycles. The highest BCUT2D eigenvalue weighted by molar-refractivity contribution is 6.18. The first-order valence-electron chi connectivity index (χ1n) is 17.4. The molecule has 0 bridgehead atoms. The van der Waals surface area contributed by atoms with Crippen LogP contribution in [0.5, 0.6) is 0 Å². The minimum Gasteiger partial charge on any atom is -0.394 e. The zero-order valence-corrected chi connectivity index (χ0v) is 30.2. The van der Waals surface area contributed by atoms with Crippen molar-refractivity contribution in [2.45, 2.75) is 76.4 Å². The van der Waals surface area contributed by atoms with E-state index >= 15 is 0 Å². The molecule has 0 unspecified atom stereocenters. The van der Waals surface area contributed by atoms with Crippen LogP contribution in [0.15, 0.2) is 12.2 Å². The van der Waals surface area contributed by atoms with Crippen molar-refractivity contribution in [2.75, 3.05) is 73.1 Å². The number of allylic oxidation sites excluding steroid dienone is 2. The number of ketones is 3. The van der Waals surface area contributed by atoms with Crippen molar-refractivity contribution < 1.29 is 73.2 Å². The molecule has 18 heteroatoms. The predicted octanol–water partition coefficient (Wildman–Crippen LogP) is -3.05. The van der Waals surface area contributed by atoms with Crippen molar-refractivity contribution >= 4 is 35.1 Å². The molecule has 298 valence electrons. The van der Waals surface area contributed by atoms with E-state index in [1.54, 1.807) is 13.8 Å². The summed E-state index contributed by atoms with van der Waals surface area (Å²) in [7, 11) is 1.45. The van der Waals surface area contributed by atoms with Crippen LogP contribution in [0.1, 0.15) is 46.0 Å². The third kappa shape index (κ3) is 18.5. The second-order valence-electron chi connectivity index (χ2n) is 12.6. The number of aliphatic hydroxyl groups is 5. The van der Waals surface area contributed by atoms with Crippen LogP contribution in [0.3, 0.4) is 0 Å². The van der Waals surface area contributed by atoms with Gasteiger partial charge in [-0.05, 0) is 30.9 Å². The number of ether oxygens (including phenoxy) is 4. The summed E-state index contributed by atoms with van der Waals surface area (Å²) < 4.78 is 21.6. The van der Waals surface area contributed by atoms with Crippen LogP contribution >= 0.6 is 0 Å². The third-order valence-electron chi connectivity index (χ3n) is 8.27. The zero-order chi connectivity index (χ0) is 39.1. The lowest BCUT2D eigenvalue weighted by atomic mass is 9.87. The van der Waals surface area contributed by atoms with Gasteiger partial charge in [0.2, 0.25) is 17.7 Å². The fourth-order valence-corrected chi connectivity index (χ4v) is 4.97. The Morgan fingerprint density at radius 2 is 1.27 bits per heavy atom. The first-order chi connectivity index (χ1) is 24.7. The molecule has 1 aliphatic rings. The Labute approximate surface area is 303 Å². The summed E-state index contributed by atoms with van der Waals surface area (Å²) in [6.45, 7) is 4.12. The second-order valence-corrected chi connectivity index (χ2v) is 12.6. The molecule has 1 aliphatic carbocycles. The van der Waals surface area contributed by atoms with E-state index in [0.717, 1.165) is 0 Å². The highest BCUT2D eigenvalue weighted by atomic mass is 16.6. The molecule has 0 aromatic rings. The van der Waals surface area contributed by atoms with Gasteiger partial charge in [-0.15, -0.1) is 0 Å². The maximum Gasteiger partial charge on any atom is 0.223 e. The molecule has 0 saturated carbocycles. The first-order valence-corrected chi connectivity index (χ1v) is 17.4. The van der Waals surface area contributed by atoms with Crippen molar-refractivity contribution in [3.8, 4) is 0 Å². The Bertz CT molecular complexity index is 1130. The highest BCUT2D eigenvalue weighted by Crippen LogP contribution is 2.18. The number of hydrogen-bond donors (Lipinski definition) is 8. The van der Waals surface area contributed by atoms with Gasteiger partial charge in [-0.1, -0.05) is 13.8 Å². The molecule has 52 heavy (non-hydrogen) atoms. The Kier molecular flexibility index (Phi) is 23.9. The predicted molar refractivity (Wildman–Crippen MR) is 182 cm³/mol. The van der Waals surface area contributed by atoms with Gasteiger partial charge in [-0.3, -0.25) is 28.8 Å². The Balaban J connectivity index is 2.40. The molecule has 0 aromatic carbocycles. The Morgan fingerprint density at radius 3 is 1.79 bits per heavy atom. The van der Waals surface area contributed by atoms with Crippen molar-refractivity contribution in [1.82, 2.24) is 16.0 Å². The minimum absolute atomic E-state index is 0.0163. The maximum absolute atomic E-state index is 13.2. The summed E-state index contributed by atoms with van der Waals surface area (Å²) in [6.07, 6.45) is -4.92. The molecule has 18 nitrogen and oxygen atoms in total. The summed E-state index contributed by atoms with van der Waals surface area (Å²) >= 11 is 0. The zero-order valence-electron chi connectivity index (χ0n) is 30.2. The number of carbonyl (C=O) groups is 6. The average Bonchev–Trinajstić information content (AvgIpc) is 3.45. The van der Waals surface area contributed by atoms with Gasteiger partial charge in [0.1, 0.15) is 18.3 Å². The first kappa shape index (κ1) is 46.8. The summed E-state index contributed by atoms with van der Waals surface area (Å²) in [5.41, 5.74) is 0. The molecule has 3 amide bonds. The largest absolute Gasteiger partial charge is 0.394 e. The highest BCUT2D eigenvalue weighted by Gasteiger charge is 2.32. The van der Waals surface area contributed by atoms with E-state index in [4.69, 9.17) is 24.1 Å². The van der Waals surface area contributed by atoms with Gasteiger partial charge >= 0.3 is 0 Å². The normalized spacial score (nSPS) is 16.7. The molecule has 0 heterocycles. The van der Waals surface area contributed by atoms with Gasteiger partial charge in [-0.2, -0.15) is 0 Å². The number of carbonyl (C=O) groups excluding carboxylic acids is 6. The van der Waals surface area contributed by atoms with Crippen LogP contribution in [0.4, 0.5) is 0 Å². The Hall–Kier alpha value is -3.20. The van der Waals surface area contributed by atoms with Gasteiger partial charge in [0.05, 0.1) is 70.9 Å². The molecule has 0 fully saturated rings. The summed E-state index contributed by atoms with van der Waals surface area (Å²) in [6, 6.07) is -1.12. The molecule has 0 saturated heterocycles. The molecule has 0 aliphatic heterocycles. The van der Waals surface area contributed by atoms with Gasteiger partial charge < -0.3 is 60.4 Å². The molecule has 1 rings (SSSR count). The van der Waals surface area contributed by atoms with Crippen molar-refractivity contribution in [3.63, 3.8) is 0 Å². The summed E-state index contributed by atoms with van der Waals surface area (Å²) in [5.74, 6) is -3.87. The topological polar surface area (TPSA) is 277 Å². The number of rotatable bonds is 30. The number of hydrogen-bond acceptors (Lipinski definition) is 15. The van der Waals surface area contributed by atoms with Crippen LogP contribution < -0.4 is 16.0 Å². The van der Waals surface area contributed by atoms with E-state index in [1.165, 1.54) is 19.2 Å². The van der Waals surface area contributed by atoms with Gasteiger partial charge in [0, 0.05) is 45.4 Å². The number of Topliss-reactive ketones (excluding diaryl/α,β-unsaturated/α-hetero) is 1. The monoisotopic (exact) mass is 747 g/mol. The summed E-state index contributed by atoms with van der Waals surface area (Å²) in [4.78, 5) is 73.9. The SMILES string of the molecule is CNC(=O)[C@@H](CC(=O)[C@@H](CCC(=O)NC[C@@H](O)[C@H](O)[C@@H](O)[C@@H](O)CO)NC(=O)CCOCCOCCOCCOCCC1C(=O)C=CC1=O)C(C)C. The van der Waals surface area contributed by atoms with E-state index in [9.17, 15) is 49.2 Å². The lowest BCUT2D eigenvalue weighted by Crippen LogP contribution is -2.49. The van der Waals surface area contributed by atoms with Crippen LogP contribution in [-0.4, -0.2) is 164 Å². The fourth-order valence-electron chi connectivity index (χ4n) is 4.97. The molecular formula is C34H57N3O15. The van der Waals surface area contributed by atoms with E-state index in [1.807, 2.05) is 0 Å². The van der Waals surface area contributed by atoms with Gasteiger partial charge in [0.15, 0.2) is 17.3 Å². The van der Waals surface area contributed by atoms with Crippen LogP contribution in [0, 0.1) is 17.8 Å². The number of nitrogens with one attached hydrogen (secondary N) is 3. The van der Waals surface area contributed by atoms with Gasteiger partial charge in [0.25, 0.3) is 0 Å². The molecule has 0 spiro atoms. The lowest BCUT2D eigenvalue weighted by molar-refractivity contribution is -0.133. The van der Waals surface area contributed by atoms with Crippen LogP contribution in [0.25, 0.3) is 0 Å². The minimum atomic E-state index is -1.87. The van der Waals surface area contributed by atoms with E-state index in [-0.39, 0.29) is 75.5 Å². The third-order valence-corrected chi connectivity index (χ3v) is 8.27. The van der Waals surface area contributed by atoms with Crippen molar-refractivity contribution in [3.05, 3.63) is 12.2 Å². The Morgan fingerprint density at radius 1 is 0.750 bits per heavy atom. The fraction of sp³-hybridized carbons (Fsp3) is 0.765. The number of amides is 3. The van der Waals surface area contributed by atoms with E-state index in [2.05, 4.69) is 16.0 Å². The maximum atomic E-state index is 13.2.